The average Bonchev–Trinajstić information content (AvgIpc) is 2.68. The van der Waals surface area contributed by atoms with Crippen molar-refractivity contribution >= 4 is 39.9 Å². The van der Waals surface area contributed by atoms with E-state index in [4.69, 9.17) is 0 Å². The molecule has 1 aromatic heterocycles. The summed E-state index contributed by atoms with van der Waals surface area (Å²) >= 11 is 0.920. The maximum absolute atomic E-state index is 11.4. The maximum Gasteiger partial charge on any atom is 0.290 e. The number of amides is 2. The molecular formula is C13H8N2O2S. The largest absolute Gasteiger partial charge is 0.290 e. The van der Waals surface area contributed by atoms with Gasteiger partial charge in [0, 0.05) is 11.6 Å². The van der Waals surface area contributed by atoms with Gasteiger partial charge in [0.1, 0.15) is 0 Å². The number of hydrogen-bond acceptors (Lipinski definition) is 4. The Hall–Kier alpha value is -2.14. The first-order chi connectivity index (χ1) is 8.72. The van der Waals surface area contributed by atoms with Gasteiger partial charge in [-0.1, -0.05) is 12.1 Å². The highest BCUT2D eigenvalue weighted by Gasteiger charge is 2.24. The van der Waals surface area contributed by atoms with Crippen molar-refractivity contribution in [2.75, 3.05) is 0 Å². The molecule has 0 radical (unpaired) electrons. The number of hydrogen-bond donors (Lipinski definition) is 1. The van der Waals surface area contributed by atoms with Crippen LogP contribution in [0.3, 0.4) is 0 Å². The van der Waals surface area contributed by atoms with Crippen molar-refractivity contribution < 1.29 is 9.59 Å². The number of aromatic nitrogens is 1. The smallest absolute Gasteiger partial charge is 0.282 e. The molecule has 2 aromatic rings. The zero-order chi connectivity index (χ0) is 12.5. The number of pyridine rings is 1. The first kappa shape index (κ1) is 11.0. The van der Waals surface area contributed by atoms with E-state index in [1.807, 2.05) is 30.3 Å². The van der Waals surface area contributed by atoms with E-state index < -0.39 is 0 Å². The predicted octanol–water partition coefficient (Wildman–Crippen LogP) is 2.56. The second-order valence-corrected chi connectivity index (χ2v) is 4.82. The lowest BCUT2D eigenvalue weighted by atomic mass is 10.1. The number of benzene rings is 1. The van der Waals surface area contributed by atoms with Crippen LogP contribution in [0.4, 0.5) is 4.79 Å². The minimum Gasteiger partial charge on any atom is -0.282 e. The molecule has 5 heteroatoms. The van der Waals surface area contributed by atoms with E-state index in [9.17, 15) is 9.59 Å². The van der Waals surface area contributed by atoms with E-state index in [-0.39, 0.29) is 11.1 Å². The molecule has 1 N–H and O–H groups in total. The molecule has 4 nitrogen and oxygen atoms in total. The van der Waals surface area contributed by atoms with E-state index in [1.54, 1.807) is 12.3 Å². The second kappa shape index (κ2) is 4.27. The van der Waals surface area contributed by atoms with Crippen LogP contribution in [-0.4, -0.2) is 16.1 Å². The van der Waals surface area contributed by atoms with Crippen molar-refractivity contribution in [2.24, 2.45) is 0 Å². The third-order valence-corrected chi connectivity index (χ3v) is 3.38. The molecule has 1 aromatic carbocycles. The summed E-state index contributed by atoms with van der Waals surface area (Å²) in [5.74, 6) is -0.337. The van der Waals surface area contributed by atoms with Crippen LogP contribution in [0.5, 0.6) is 0 Å². The van der Waals surface area contributed by atoms with E-state index in [0.717, 1.165) is 28.2 Å². The molecular weight excluding hydrogens is 248 g/mol. The summed E-state index contributed by atoms with van der Waals surface area (Å²) < 4.78 is 0. The van der Waals surface area contributed by atoms with Gasteiger partial charge in [-0.25, -0.2) is 0 Å². The Labute approximate surface area is 107 Å². The first-order valence-corrected chi connectivity index (χ1v) is 6.14. The van der Waals surface area contributed by atoms with Crippen molar-refractivity contribution in [3.8, 4) is 0 Å². The molecule has 1 aliphatic heterocycles. The fourth-order valence-corrected chi connectivity index (χ4v) is 2.44. The zero-order valence-corrected chi connectivity index (χ0v) is 10.0. The highest BCUT2D eigenvalue weighted by molar-refractivity contribution is 8.18. The number of nitrogens with zero attached hydrogens (tertiary/aromatic N) is 1. The molecule has 1 aliphatic rings. The summed E-state index contributed by atoms with van der Waals surface area (Å²) in [5, 5.41) is 2.90. The van der Waals surface area contributed by atoms with Gasteiger partial charge in [0.2, 0.25) is 0 Å². The number of thioether (sulfide) groups is 1. The molecule has 18 heavy (non-hydrogen) atoms. The van der Waals surface area contributed by atoms with Gasteiger partial charge < -0.3 is 0 Å². The lowest BCUT2D eigenvalue weighted by Gasteiger charge is -1.99. The molecule has 88 valence electrons. The number of rotatable bonds is 1. The minimum atomic E-state index is -0.337. The molecule has 2 amide bonds. The molecule has 0 aliphatic carbocycles. The van der Waals surface area contributed by atoms with Crippen molar-refractivity contribution in [3.63, 3.8) is 0 Å². The summed E-state index contributed by atoms with van der Waals surface area (Å²) in [6.07, 6.45) is 3.44. The molecule has 3 rings (SSSR count). The topological polar surface area (TPSA) is 59.1 Å². The molecule has 1 saturated heterocycles. The van der Waals surface area contributed by atoms with Crippen molar-refractivity contribution in [1.29, 1.82) is 0 Å². The maximum atomic E-state index is 11.4. The number of imide groups is 1. The summed E-state index contributed by atoms with van der Waals surface area (Å²) in [6, 6.07) is 9.52. The Morgan fingerprint density at radius 1 is 1.22 bits per heavy atom. The Morgan fingerprint density at radius 2 is 2.11 bits per heavy atom. The van der Waals surface area contributed by atoms with Crippen molar-refractivity contribution in [3.05, 3.63) is 47.0 Å². The Bertz CT molecular complexity index is 694. The lowest BCUT2D eigenvalue weighted by molar-refractivity contribution is -0.115. The van der Waals surface area contributed by atoms with Gasteiger partial charge in [0.05, 0.1) is 10.4 Å². The van der Waals surface area contributed by atoms with Crippen LogP contribution in [0, 0.1) is 0 Å². The molecule has 0 atom stereocenters. The fourth-order valence-electron chi connectivity index (χ4n) is 1.76. The van der Waals surface area contributed by atoms with Gasteiger partial charge in [-0.2, -0.15) is 0 Å². The van der Waals surface area contributed by atoms with Crippen LogP contribution >= 0.6 is 11.8 Å². The number of carbonyl (C=O) groups excluding carboxylic acids is 2. The predicted molar refractivity (Wildman–Crippen MR) is 70.8 cm³/mol. The van der Waals surface area contributed by atoms with Crippen LogP contribution < -0.4 is 5.32 Å². The summed E-state index contributed by atoms with van der Waals surface area (Å²) in [6.45, 7) is 0. The number of fused-ring (bicyclic) bond motifs is 1. The van der Waals surface area contributed by atoms with Gasteiger partial charge in [-0.15, -0.1) is 0 Å². The van der Waals surface area contributed by atoms with Gasteiger partial charge in [0.15, 0.2) is 0 Å². The molecule has 0 bridgehead atoms. The lowest BCUT2D eigenvalue weighted by Crippen LogP contribution is -2.17. The summed E-state index contributed by atoms with van der Waals surface area (Å²) in [5.41, 5.74) is 1.78. The first-order valence-electron chi connectivity index (χ1n) is 5.32. The highest BCUT2D eigenvalue weighted by Crippen LogP contribution is 2.26. The minimum absolute atomic E-state index is 0.325. The summed E-state index contributed by atoms with van der Waals surface area (Å²) in [7, 11) is 0. The van der Waals surface area contributed by atoms with Crippen LogP contribution in [0.1, 0.15) is 5.56 Å². The zero-order valence-electron chi connectivity index (χ0n) is 9.21. The monoisotopic (exact) mass is 256 g/mol. The highest BCUT2D eigenvalue weighted by atomic mass is 32.2. The second-order valence-electron chi connectivity index (χ2n) is 3.81. The molecule has 0 unspecified atom stereocenters. The third-order valence-electron chi connectivity index (χ3n) is 2.57. The van der Waals surface area contributed by atoms with Crippen molar-refractivity contribution in [1.82, 2.24) is 10.3 Å². The van der Waals surface area contributed by atoms with Gasteiger partial charge in [0.25, 0.3) is 11.1 Å². The fraction of sp³-hybridized carbons (Fsp3) is 0. The molecule has 2 heterocycles. The van der Waals surface area contributed by atoms with Gasteiger partial charge in [-0.05, 0) is 41.6 Å². The van der Waals surface area contributed by atoms with Crippen molar-refractivity contribution in [2.45, 2.75) is 0 Å². The quantitative estimate of drug-likeness (QED) is 0.797. The van der Waals surface area contributed by atoms with E-state index in [0.29, 0.717) is 4.91 Å². The Morgan fingerprint density at radius 3 is 2.89 bits per heavy atom. The van der Waals surface area contributed by atoms with Crippen LogP contribution in [0.15, 0.2) is 41.4 Å². The Balaban J connectivity index is 2.02. The Kier molecular flexibility index (Phi) is 2.60. The van der Waals surface area contributed by atoms with E-state index in [1.165, 1.54) is 0 Å². The van der Waals surface area contributed by atoms with E-state index >= 15 is 0 Å². The molecule has 1 fully saturated rings. The normalized spacial score (nSPS) is 17.4. The van der Waals surface area contributed by atoms with Crippen LogP contribution in [-0.2, 0) is 4.79 Å². The number of nitrogens with one attached hydrogen (secondary N) is 1. The van der Waals surface area contributed by atoms with Gasteiger partial charge >= 0.3 is 0 Å². The average molecular weight is 256 g/mol. The van der Waals surface area contributed by atoms with Gasteiger partial charge in [-0.3, -0.25) is 19.9 Å². The van der Waals surface area contributed by atoms with Crippen LogP contribution in [0.25, 0.3) is 17.0 Å². The van der Waals surface area contributed by atoms with Crippen LogP contribution in [0.2, 0.25) is 0 Å². The number of carbonyl (C=O) groups is 2. The van der Waals surface area contributed by atoms with E-state index in [2.05, 4.69) is 10.3 Å². The summed E-state index contributed by atoms with van der Waals surface area (Å²) in [4.78, 5) is 27.1. The standard InChI is InChI=1S/C13H8N2O2S/c16-12-11(18-13(17)15-12)7-8-3-4-10-9(6-8)2-1-5-14-10/h1-7H,(H,15,16,17)/b11-7+. The molecule has 0 saturated carbocycles. The SMILES string of the molecule is O=C1NC(=O)/C(=C\c2ccc3ncccc3c2)S1. The third kappa shape index (κ3) is 2.00. The molecule has 0 spiro atoms.